The van der Waals surface area contributed by atoms with Crippen LogP contribution in [0.15, 0.2) is 65.7 Å². The summed E-state index contributed by atoms with van der Waals surface area (Å²) in [6, 6.07) is 9.83. The van der Waals surface area contributed by atoms with Gasteiger partial charge in [0.05, 0.1) is 16.3 Å². The Balaban J connectivity index is 1.62. The van der Waals surface area contributed by atoms with E-state index in [1.165, 1.54) is 18.3 Å². The number of nitrogens with one attached hydrogen (secondary N) is 5. The molecule has 2 aliphatic rings. The van der Waals surface area contributed by atoms with Crippen LogP contribution in [-0.2, 0) is 30.4 Å². The first kappa shape index (κ1) is 42.9. The summed E-state index contributed by atoms with van der Waals surface area (Å²) in [7, 11) is 0. The molecule has 0 unspecified atom stereocenters. The maximum atomic E-state index is 14.1. The molecule has 0 saturated heterocycles. The van der Waals surface area contributed by atoms with Gasteiger partial charge >= 0.3 is 0 Å². The summed E-state index contributed by atoms with van der Waals surface area (Å²) in [6.45, 7) is 5.68. The molecule has 0 saturated carbocycles. The predicted molar refractivity (Wildman–Crippen MR) is 214 cm³/mol. The Morgan fingerprint density at radius 3 is 2.46 bits per heavy atom. The molecular weight excluding hydrogens is 739 g/mol. The molecule has 3 aromatic rings. The highest BCUT2D eigenvalue weighted by atomic mass is 32.1. The van der Waals surface area contributed by atoms with E-state index in [0.29, 0.717) is 17.7 Å². The molecule has 0 spiro atoms. The van der Waals surface area contributed by atoms with Crippen LogP contribution in [0, 0.1) is 5.92 Å². The van der Waals surface area contributed by atoms with Crippen LogP contribution in [0.25, 0.3) is 10.2 Å². The number of nitrogens with two attached hydrogens (primary N) is 2. The van der Waals surface area contributed by atoms with Crippen LogP contribution in [0.3, 0.4) is 0 Å². The van der Waals surface area contributed by atoms with E-state index in [1.54, 1.807) is 42.5 Å². The SMILES string of the molecule is CC(=O)N[C@H]1Cc2ccc(cc2)OC/C=C\CNC(=O)CC[C@@H](C(=O)N[C@@H](CCCN=C(N)N)C(=O)c2nc3ccccc3s2)NC(=O)[C@H](CC(C)C)NC1=O. The lowest BCUT2D eigenvalue weighted by Crippen LogP contribution is -2.58. The van der Waals surface area contributed by atoms with E-state index in [-0.39, 0.29) is 74.6 Å². The number of hydrogen-bond donors (Lipinski definition) is 7. The van der Waals surface area contributed by atoms with E-state index in [0.717, 1.165) is 10.3 Å². The van der Waals surface area contributed by atoms with Gasteiger partial charge in [-0.05, 0) is 67.5 Å². The molecule has 300 valence electrons. The third kappa shape index (κ3) is 13.8. The fourth-order valence-corrected chi connectivity index (χ4v) is 6.89. The number of hydrogen-bond acceptors (Lipinski definition) is 10. The number of aliphatic imine (C=N–C) groups is 1. The van der Waals surface area contributed by atoms with Crippen LogP contribution in [0.1, 0.15) is 68.2 Å². The molecule has 1 aromatic heterocycles. The van der Waals surface area contributed by atoms with Crippen LogP contribution in [-0.4, -0.2) is 90.1 Å². The summed E-state index contributed by atoms with van der Waals surface area (Å²) in [5.41, 5.74) is 12.4. The van der Waals surface area contributed by atoms with Gasteiger partial charge in [0, 0.05) is 32.9 Å². The Bertz CT molecular complexity index is 1870. The van der Waals surface area contributed by atoms with Crippen molar-refractivity contribution in [1.29, 1.82) is 0 Å². The summed E-state index contributed by atoms with van der Waals surface area (Å²) in [6.07, 6.45) is 4.00. The Labute approximate surface area is 329 Å². The maximum absolute atomic E-state index is 14.1. The number of aromatic nitrogens is 1. The molecule has 9 N–H and O–H groups in total. The van der Waals surface area contributed by atoms with Crippen LogP contribution >= 0.6 is 11.3 Å². The van der Waals surface area contributed by atoms with Gasteiger partial charge in [0.25, 0.3) is 0 Å². The molecule has 5 amide bonds. The van der Waals surface area contributed by atoms with E-state index < -0.39 is 53.6 Å². The average molecular weight is 790 g/mol. The van der Waals surface area contributed by atoms with Gasteiger partial charge in [0.15, 0.2) is 11.0 Å². The number of nitrogens with zero attached hydrogens (tertiary/aromatic N) is 2. The molecule has 3 heterocycles. The summed E-state index contributed by atoms with van der Waals surface area (Å²) in [4.78, 5) is 89.3. The van der Waals surface area contributed by atoms with Crippen molar-refractivity contribution in [3.63, 3.8) is 0 Å². The quantitative estimate of drug-likeness (QED) is 0.0486. The van der Waals surface area contributed by atoms with Crippen molar-refractivity contribution in [2.24, 2.45) is 22.4 Å². The van der Waals surface area contributed by atoms with Crippen molar-refractivity contribution in [1.82, 2.24) is 31.6 Å². The molecule has 5 rings (SSSR count). The van der Waals surface area contributed by atoms with Crippen molar-refractivity contribution >= 4 is 62.8 Å². The highest BCUT2D eigenvalue weighted by Gasteiger charge is 2.33. The molecule has 2 aliphatic heterocycles. The number of ketones is 1. The molecule has 0 radical (unpaired) electrons. The zero-order valence-electron chi connectivity index (χ0n) is 31.8. The van der Waals surface area contributed by atoms with Crippen molar-refractivity contribution in [3.05, 3.63) is 71.3 Å². The van der Waals surface area contributed by atoms with Gasteiger partial charge in [-0.1, -0.05) is 44.2 Å². The second-order valence-electron chi connectivity index (χ2n) is 13.8. The van der Waals surface area contributed by atoms with Crippen molar-refractivity contribution in [2.75, 3.05) is 19.7 Å². The number of ether oxygens (including phenoxy) is 1. The zero-order chi connectivity index (χ0) is 40.6. The smallest absolute Gasteiger partial charge is 0.243 e. The third-order valence-electron chi connectivity index (χ3n) is 8.70. The highest BCUT2D eigenvalue weighted by Crippen LogP contribution is 2.23. The Morgan fingerprint density at radius 1 is 1.02 bits per heavy atom. The van der Waals surface area contributed by atoms with E-state index in [9.17, 15) is 28.8 Å². The van der Waals surface area contributed by atoms with Crippen molar-refractivity contribution in [2.45, 2.75) is 83.5 Å². The largest absolute Gasteiger partial charge is 0.490 e. The standard InChI is InChI=1S/C39H51N9O7S/c1-23(2)21-30-36(53)46-29(35(52)45-28(10-8-19-43-39(40)41)34(51)38-48-27-9-4-5-11-32(27)56-38)16-17-33(50)42-18-6-7-20-55-26-14-12-25(13-15-26)22-31(37(54)47-30)44-24(3)49/h4-7,9,11-15,23,28-31H,8,10,16-22H2,1-3H3,(H,42,50)(H,44,49)(H,45,52)(H,46,53)(H,47,54)(H4,40,41,43)/b7-6-/t28-,29-,30-,31-/m0/s1. The number of fused-ring (bicyclic) bond motifs is 18. The van der Waals surface area contributed by atoms with E-state index in [4.69, 9.17) is 16.2 Å². The van der Waals surface area contributed by atoms with Gasteiger partial charge < -0.3 is 42.8 Å². The van der Waals surface area contributed by atoms with E-state index >= 15 is 0 Å². The number of rotatable bonds is 11. The number of thiazole rings is 1. The lowest BCUT2D eigenvalue weighted by molar-refractivity contribution is -0.134. The van der Waals surface area contributed by atoms with Gasteiger partial charge in [0.1, 0.15) is 30.5 Å². The second-order valence-corrected chi connectivity index (χ2v) is 14.9. The van der Waals surface area contributed by atoms with E-state index in [2.05, 4.69) is 36.6 Å². The third-order valence-corrected chi connectivity index (χ3v) is 9.75. The fraction of sp³-hybridized carbons (Fsp3) is 0.436. The molecule has 4 atom stereocenters. The minimum absolute atomic E-state index is 0.0700. The van der Waals surface area contributed by atoms with Gasteiger partial charge in [-0.25, -0.2) is 4.98 Å². The van der Waals surface area contributed by atoms with Crippen LogP contribution < -0.4 is 42.8 Å². The second kappa shape index (κ2) is 21.3. The molecule has 2 aromatic carbocycles. The van der Waals surface area contributed by atoms with Gasteiger partial charge in [0.2, 0.25) is 35.3 Å². The highest BCUT2D eigenvalue weighted by molar-refractivity contribution is 7.20. The molecule has 17 heteroatoms. The van der Waals surface area contributed by atoms with Crippen molar-refractivity contribution < 1.29 is 33.5 Å². The van der Waals surface area contributed by atoms with Crippen LogP contribution in [0.2, 0.25) is 0 Å². The summed E-state index contributed by atoms with van der Waals surface area (Å²) < 4.78 is 6.55. The molecule has 16 nitrogen and oxygen atoms in total. The fourth-order valence-electron chi connectivity index (χ4n) is 5.93. The normalized spacial score (nSPS) is 19.6. The van der Waals surface area contributed by atoms with Crippen molar-refractivity contribution in [3.8, 4) is 5.75 Å². The lowest BCUT2D eigenvalue weighted by atomic mass is 10.00. The Hall–Kier alpha value is -5.84. The first-order chi connectivity index (χ1) is 26.8. The molecule has 2 bridgehead atoms. The number of carbonyl (C=O) groups is 6. The minimum atomic E-state index is -1.29. The Morgan fingerprint density at radius 2 is 1.77 bits per heavy atom. The summed E-state index contributed by atoms with van der Waals surface area (Å²) in [5.74, 6) is -2.83. The predicted octanol–water partition coefficient (Wildman–Crippen LogP) is 1.63. The van der Waals surface area contributed by atoms with E-state index in [1.807, 2.05) is 32.0 Å². The lowest BCUT2D eigenvalue weighted by Gasteiger charge is -2.27. The first-order valence-electron chi connectivity index (χ1n) is 18.6. The molecule has 0 aliphatic carbocycles. The topological polar surface area (TPSA) is 249 Å². The number of guanidine groups is 1. The number of amides is 5. The monoisotopic (exact) mass is 789 g/mol. The van der Waals surface area contributed by atoms with Crippen LogP contribution in [0.5, 0.6) is 5.75 Å². The van der Waals surface area contributed by atoms with Gasteiger partial charge in [-0.2, -0.15) is 0 Å². The number of carbonyl (C=O) groups excluding carboxylic acids is 6. The molecule has 0 fully saturated rings. The average Bonchev–Trinajstić information content (AvgIpc) is 3.59. The summed E-state index contributed by atoms with van der Waals surface area (Å²) in [5, 5.41) is 13.9. The van der Waals surface area contributed by atoms with Gasteiger partial charge in [-0.3, -0.25) is 33.8 Å². The number of Topliss-reactive ketones (excluding diaryl/α,β-unsaturated/α-hetero) is 1. The maximum Gasteiger partial charge on any atom is 0.243 e. The summed E-state index contributed by atoms with van der Waals surface area (Å²) >= 11 is 1.19. The molecule has 56 heavy (non-hydrogen) atoms. The minimum Gasteiger partial charge on any atom is -0.490 e. The first-order valence-corrected chi connectivity index (χ1v) is 19.4. The molecular formula is C39H51N9O7S. The van der Waals surface area contributed by atoms with Gasteiger partial charge in [-0.15, -0.1) is 11.3 Å². The number of benzene rings is 2. The Kier molecular flexibility index (Phi) is 16.3. The van der Waals surface area contributed by atoms with Crippen LogP contribution in [0.4, 0.5) is 0 Å². The number of para-hydroxylation sites is 1. The zero-order valence-corrected chi connectivity index (χ0v) is 32.7.